The number of carbonyl (C=O) groups excluding carboxylic acids is 1. The van der Waals surface area contributed by atoms with Crippen LogP contribution in [0.1, 0.15) is 11.5 Å². The summed E-state index contributed by atoms with van der Waals surface area (Å²) in [5, 5.41) is 10.6. The predicted molar refractivity (Wildman–Crippen MR) is 56.1 cm³/mol. The van der Waals surface area contributed by atoms with Gasteiger partial charge in [0.15, 0.2) is 0 Å². The van der Waals surface area contributed by atoms with Gasteiger partial charge in [0.25, 0.3) is 0 Å². The van der Waals surface area contributed by atoms with Crippen LogP contribution in [0.2, 0.25) is 0 Å². The SMILES string of the molecule is O=C[C@@H]1COc2ccccc2[C@H]1C[N+](=O)[O-]. The van der Waals surface area contributed by atoms with Gasteiger partial charge < -0.3 is 9.53 Å². The van der Waals surface area contributed by atoms with Gasteiger partial charge >= 0.3 is 0 Å². The molecule has 0 N–H and O–H groups in total. The Hall–Kier alpha value is -1.91. The zero-order valence-corrected chi connectivity index (χ0v) is 8.54. The third kappa shape index (κ3) is 1.88. The van der Waals surface area contributed by atoms with E-state index in [-0.39, 0.29) is 24.0 Å². The molecule has 0 unspecified atom stereocenters. The largest absolute Gasteiger partial charge is 0.493 e. The molecule has 0 fully saturated rings. The van der Waals surface area contributed by atoms with Crippen LogP contribution in [0.15, 0.2) is 24.3 Å². The number of para-hydroxylation sites is 1. The number of nitro groups is 1. The first kappa shape index (κ1) is 10.6. The molecule has 1 aromatic carbocycles. The van der Waals surface area contributed by atoms with E-state index in [0.717, 1.165) is 11.8 Å². The van der Waals surface area contributed by atoms with Crippen LogP contribution in [0.3, 0.4) is 0 Å². The molecule has 0 bridgehead atoms. The highest BCUT2D eigenvalue weighted by Gasteiger charge is 2.34. The lowest BCUT2D eigenvalue weighted by Gasteiger charge is -2.27. The molecule has 0 spiro atoms. The maximum absolute atomic E-state index is 10.9. The van der Waals surface area contributed by atoms with Crippen molar-refractivity contribution in [2.45, 2.75) is 5.92 Å². The number of aldehydes is 1. The fourth-order valence-corrected chi connectivity index (χ4v) is 1.98. The smallest absolute Gasteiger partial charge is 0.211 e. The lowest BCUT2D eigenvalue weighted by Crippen LogP contribution is -2.31. The topological polar surface area (TPSA) is 69.4 Å². The number of carbonyl (C=O) groups is 1. The second kappa shape index (κ2) is 4.30. The van der Waals surface area contributed by atoms with E-state index in [1.807, 2.05) is 6.07 Å². The first-order valence-electron chi connectivity index (χ1n) is 5.01. The van der Waals surface area contributed by atoms with Gasteiger partial charge in [-0.1, -0.05) is 18.2 Å². The summed E-state index contributed by atoms with van der Waals surface area (Å²) in [4.78, 5) is 21.1. The average molecular weight is 221 g/mol. The fourth-order valence-electron chi connectivity index (χ4n) is 1.98. The van der Waals surface area contributed by atoms with Gasteiger partial charge in [-0.3, -0.25) is 10.1 Å². The van der Waals surface area contributed by atoms with Gasteiger partial charge in [0.1, 0.15) is 12.0 Å². The second-order valence-corrected chi connectivity index (χ2v) is 3.77. The Morgan fingerprint density at radius 2 is 2.25 bits per heavy atom. The van der Waals surface area contributed by atoms with Crippen molar-refractivity contribution in [1.82, 2.24) is 0 Å². The average Bonchev–Trinajstić information content (AvgIpc) is 2.29. The minimum absolute atomic E-state index is 0.221. The molecule has 1 heterocycles. The van der Waals surface area contributed by atoms with E-state index in [4.69, 9.17) is 4.74 Å². The molecular weight excluding hydrogens is 210 g/mol. The molecule has 1 aliphatic rings. The highest BCUT2D eigenvalue weighted by molar-refractivity contribution is 5.58. The van der Waals surface area contributed by atoms with Crippen LogP contribution in [0, 0.1) is 16.0 Å². The Morgan fingerprint density at radius 1 is 1.50 bits per heavy atom. The molecule has 5 nitrogen and oxygen atoms in total. The number of nitrogens with zero attached hydrogens (tertiary/aromatic N) is 1. The van der Waals surface area contributed by atoms with Gasteiger partial charge in [0.05, 0.1) is 18.4 Å². The van der Waals surface area contributed by atoms with E-state index in [1.165, 1.54) is 0 Å². The van der Waals surface area contributed by atoms with Crippen molar-refractivity contribution in [3.05, 3.63) is 39.9 Å². The van der Waals surface area contributed by atoms with E-state index in [0.29, 0.717) is 5.75 Å². The van der Waals surface area contributed by atoms with Crippen LogP contribution in [-0.4, -0.2) is 24.4 Å². The molecule has 0 saturated carbocycles. The van der Waals surface area contributed by atoms with Crippen molar-refractivity contribution in [2.75, 3.05) is 13.2 Å². The van der Waals surface area contributed by atoms with Crippen LogP contribution in [0.4, 0.5) is 0 Å². The lowest BCUT2D eigenvalue weighted by molar-refractivity contribution is -0.484. The van der Waals surface area contributed by atoms with Gasteiger partial charge in [-0.15, -0.1) is 0 Å². The van der Waals surface area contributed by atoms with Gasteiger partial charge in [-0.05, 0) is 6.07 Å². The zero-order valence-electron chi connectivity index (χ0n) is 8.54. The monoisotopic (exact) mass is 221 g/mol. The predicted octanol–water partition coefficient (Wildman–Crippen LogP) is 1.25. The molecule has 1 aliphatic heterocycles. The quantitative estimate of drug-likeness (QED) is 0.437. The Labute approximate surface area is 92.2 Å². The Balaban J connectivity index is 2.36. The molecular formula is C11H11NO4. The Morgan fingerprint density at radius 3 is 2.94 bits per heavy atom. The van der Waals surface area contributed by atoms with E-state index in [1.54, 1.807) is 18.2 Å². The number of hydrogen-bond acceptors (Lipinski definition) is 4. The first-order chi connectivity index (χ1) is 7.72. The summed E-state index contributed by atoms with van der Waals surface area (Å²) in [6, 6.07) is 7.15. The third-order valence-corrected chi connectivity index (χ3v) is 2.79. The van der Waals surface area contributed by atoms with E-state index >= 15 is 0 Å². The molecule has 0 aliphatic carbocycles. The molecule has 0 aromatic heterocycles. The van der Waals surface area contributed by atoms with Crippen molar-refractivity contribution in [3.63, 3.8) is 0 Å². The summed E-state index contributed by atoms with van der Waals surface area (Å²) in [5.74, 6) is -0.162. The summed E-state index contributed by atoms with van der Waals surface area (Å²) in [6.07, 6.45) is 0.740. The Bertz CT molecular complexity index is 418. The molecule has 0 saturated heterocycles. The van der Waals surface area contributed by atoms with Gasteiger partial charge in [-0.25, -0.2) is 0 Å². The minimum Gasteiger partial charge on any atom is -0.493 e. The standard InChI is InChI=1S/C11H11NO4/c13-6-8-7-16-11-4-2-1-3-9(11)10(8)5-12(14)15/h1-4,6,8,10H,5,7H2/t8-,10+/m1/s1. The van der Waals surface area contributed by atoms with E-state index in [9.17, 15) is 14.9 Å². The molecule has 16 heavy (non-hydrogen) atoms. The third-order valence-electron chi connectivity index (χ3n) is 2.79. The van der Waals surface area contributed by atoms with Crippen molar-refractivity contribution in [3.8, 4) is 5.75 Å². The molecule has 2 rings (SSSR count). The van der Waals surface area contributed by atoms with Crippen LogP contribution < -0.4 is 4.74 Å². The summed E-state index contributed by atoms with van der Waals surface area (Å²) in [5.41, 5.74) is 0.752. The maximum Gasteiger partial charge on any atom is 0.211 e. The first-order valence-corrected chi connectivity index (χ1v) is 5.01. The van der Waals surface area contributed by atoms with Crippen molar-refractivity contribution >= 4 is 6.29 Å². The normalized spacial score (nSPS) is 23.0. The van der Waals surface area contributed by atoms with E-state index in [2.05, 4.69) is 0 Å². The fraction of sp³-hybridized carbons (Fsp3) is 0.364. The van der Waals surface area contributed by atoms with Crippen LogP contribution in [0.5, 0.6) is 5.75 Å². The Kier molecular flexibility index (Phi) is 2.85. The summed E-state index contributed by atoms with van der Waals surface area (Å²) in [7, 11) is 0. The highest BCUT2D eigenvalue weighted by atomic mass is 16.6. The van der Waals surface area contributed by atoms with Crippen molar-refractivity contribution in [2.24, 2.45) is 5.92 Å². The van der Waals surface area contributed by atoms with Gasteiger partial charge in [0, 0.05) is 10.5 Å². The molecule has 0 radical (unpaired) electrons. The highest BCUT2D eigenvalue weighted by Crippen LogP contribution is 2.36. The van der Waals surface area contributed by atoms with Crippen LogP contribution in [-0.2, 0) is 4.79 Å². The summed E-state index contributed by atoms with van der Waals surface area (Å²) < 4.78 is 5.38. The van der Waals surface area contributed by atoms with Crippen molar-refractivity contribution < 1.29 is 14.5 Å². The molecule has 0 amide bonds. The van der Waals surface area contributed by atoms with E-state index < -0.39 is 5.92 Å². The number of rotatable bonds is 3. The number of benzene rings is 1. The summed E-state index contributed by atoms with van der Waals surface area (Å²) in [6.45, 7) is -0.0111. The van der Waals surface area contributed by atoms with Crippen molar-refractivity contribution in [1.29, 1.82) is 0 Å². The lowest BCUT2D eigenvalue weighted by atomic mass is 9.85. The molecule has 84 valence electrons. The van der Waals surface area contributed by atoms with Gasteiger partial charge in [0.2, 0.25) is 6.54 Å². The molecule has 1 aromatic rings. The van der Waals surface area contributed by atoms with Crippen LogP contribution >= 0.6 is 0 Å². The number of ether oxygens (including phenoxy) is 1. The summed E-state index contributed by atoms with van der Waals surface area (Å²) >= 11 is 0. The second-order valence-electron chi connectivity index (χ2n) is 3.77. The van der Waals surface area contributed by atoms with Gasteiger partial charge in [-0.2, -0.15) is 0 Å². The zero-order chi connectivity index (χ0) is 11.5. The number of hydrogen-bond donors (Lipinski definition) is 0. The van der Waals surface area contributed by atoms with Crippen LogP contribution in [0.25, 0.3) is 0 Å². The maximum atomic E-state index is 10.9. The molecule has 2 atom stereocenters. The minimum atomic E-state index is -0.430. The molecule has 5 heteroatoms. The number of fused-ring (bicyclic) bond motifs is 1.